The normalized spacial score (nSPS) is 14.7. The van der Waals surface area contributed by atoms with Gasteiger partial charge in [-0.2, -0.15) is 0 Å². The molecule has 3 heterocycles. The Kier molecular flexibility index (Phi) is 10.8. The van der Waals surface area contributed by atoms with Crippen LogP contribution >= 0.6 is 0 Å². The molecule has 0 radical (unpaired) electrons. The number of piperidine rings is 1. The minimum Gasteiger partial charge on any atom is -0.487 e. The van der Waals surface area contributed by atoms with Crippen molar-refractivity contribution in [3.63, 3.8) is 0 Å². The summed E-state index contributed by atoms with van der Waals surface area (Å²) in [6.45, 7) is 6.01. The number of carbonyl (C=O) groups is 2. The van der Waals surface area contributed by atoms with Crippen LogP contribution in [0.5, 0.6) is 11.5 Å². The maximum absolute atomic E-state index is 12.8. The fraction of sp³-hybridized carbons (Fsp3) is 0.355. The number of ether oxygens (including phenoxy) is 3. The topological polar surface area (TPSA) is 131 Å². The predicted octanol–water partition coefficient (Wildman–Crippen LogP) is 4.30. The zero-order valence-electron chi connectivity index (χ0n) is 24.3. The Morgan fingerprint density at radius 3 is 2.62 bits per heavy atom. The lowest BCUT2D eigenvalue weighted by Crippen LogP contribution is -2.32. The fourth-order valence-corrected chi connectivity index (χ4v) is 4.81. The van der Waals surface area contributed by atoms with E-state index in [4.69, 9.17) is 19.6 Å². The van der Waals surface area contributed by atoms with Crippen LogP contribution < -0.4 is 20.1 Å². The van der Waals surface area contributed by atoms with Crippen molar-refractivity contribution in [2.45, 2.75) is 25.7 Å². The minimum atomic E-state index is -0.305. The van der Waals surface area contributed by atoms with Gasteiger partial charge in [0, 0.05) is 62.0 Å². The Hall–Kier alpha value is -4.48. The number of aromatic nitrogens is 2. The van der Waals surface area contributed by atoms with Gasteiger partial charge in [-0.25, -0.2) is 4.79 Å². The van der Waals surface area contributed by atoms with Gasteiger partial charge in [0.05, 0.1) is 17.7 Å². The van der Waals surface area contributed by atoms with Gasteiger partial charge < -0.3 is 35.2 Å². The van der Waals surface area contributed by atoms with E-state index in [0.717, 1.165) is 49.8 Å². The fourth-order valence-electron chi connectivity index (χ4n) is 4.81. The summed E-state index contributed by atoms with van der Waals surface area (Å²) >= 11 is 0. The summed E-state index contributed by atoms with van der Waals surface area (Å²) in [6, 6.07) is 8.71. The quantitative estimate of drug-likeness (QED) is 0.127. The van der Waals surface area contributed by atoms with E-state index in [-0.39, 0.29) is 18.5 Å². The summed E-state index contributed by atoms with van der Waals surface area (Å²) < 4.78 is 18.5. The molecule has 222 valence electrons. The lowest BCUT2D eigenvalue weighted by Gasteiger charge is -2.30. The third kappa shape index (κ3) is 7.62. The van der Waals surface area contributed by atoms with Crippen LogP contribution in [0.4, 0.5) is 4.79 Å². The Balaban J connectivity index is 1.44. The van der Waals surface area contributed by atoms with E-state index < -0.39 is 0 Å². The van der Waals surface area contributed by atoms with Gasteiger partial charge >= 0.3 is 6.03 Å². The van der Waals surface area contributed by atoms with Crippen LogP contribution in [-0.2, 0) is 4.74 Å². The number of nitrogens with zero attached hydrogens (tertiary/aromatic N) is 3. The molecule has 4 rings (SSSR count). The van der Waals surface area contributed by atoms with E-state index in [9.17, 15) is 9.59 Å². The molecule has 42 heavy (non-hydrogen) atoms. The summed E-state index contributed by atoms with van der Waals surface area (Å²) in [6.07, 6.45) is 10.9. The van der Waals surface area contributed by atoms with Crippen molar-refractivity contribution in [1.29, 1.82) is 5.41 Å². The Morgan fingerprint density at radius 2 is 1.95 bits per heavy atom. The maximum Gasteiger partial charge on any atom is 0.325 e. The first-order valence-corrected chi connectivity index (χ1v) is 14.0. The van der Waals surface area contributed by atoms with E-state index in [2.05, 4.69) is 27.4 Å². The molecule has 1 aromatic carbocycles. The second kappa shape index (κ2) is 14.9. The molecule has 0 saturated carbocycles. The monoisotopic (exact) mass is 574 g/mol. The Labute approximate surface area is 245 Å². The summed E-state index contributed by atoms with van der Waals surface area (Å²) in [5.41, 5.74) is 2.11. The highest BCUT2D eigenvalue weighted by atomic mass is 16.5. The lowest BCUT2D eigenvalue weighted by molar-refractivity contribution is 0.0969. The first kappa shape index (κ1) is 30.5. The van der Waals surface area contributed by atoms with Crippen molar-refractivity contribution in [3.8, 4) is 11.5 Å². The number of fused-ring (bicyclic) bond motifs is 1. The van der Waals surface area contributed by atoms with Gasteiger partial charge in [0.1, 0.15) is 12.4 Å². The summed E-state index contributed by atoms with van der Waals surface area (Å²) in [4.78, 5) is 32.0. The van der Waals surface area contributed by atoms with Crippen molar-refractivity contribution < 1.29 is 23.8 Å². The first-order valence-electron chi connectivity index (χ1n) is 14.0. The van der Waals surface area contributed by atoms with E-state index in [1.54, 1.807) is 56.9 Å². The van der Waals surface area contributed by atoms with Gasteiger partial charge in [0.2, 0.25) is 0 Å². The van der Waals surface area contributed by atoms with E-state index in [1.165, 1.54) is 16.8 Å². The average Bonchev–Trinajstić information content (AvgIpc) is 3.43. The molecule has 1 fully saturated rings. The number of amides is 2. The smallest absolute Gasteiger partial charge is 0.325 e. The molecule has 0 atom stereocenters. The standard InChI is InChI=1S/C31H38N6O5/c1-4-36-14-9-22(10-15-36)26-6-5-24(21-35-26)30(38)34-13-8-25(7-12-32)42-29-19-23-11-16-37(31(39)33-2)27(23)20-28(29)41-18-17-40-3/h5-8,11-13,16,19-22,32H,4,9-10,14-15,17-18H2,1-3H3,(H,33,39)(H,34,38). The van der Waals surface area contributed by atoms with Crippen LogP contribution in [0.15, 0.2) is 66.8 Å². The van der Waals surface area contributed by atoms with Crippen molar-refractivity contribution in [3.05, 3.63) is 78.1 Å². The number of benzene rings is 1. The Morgan fingerprint density at radius 1 is 1.14 bits per heavy atom. The molecule has 1 aliphatic rings. The molecular weight excluding hydrogens is 536 g/mol. The highest BCUT2D eigenvalue weighted by Gasteiger charge is 2.21. The Bertz CT molecular complexity index is 1440. The number of allylic oxidation sites excluding steroid dienone is 2. The van der Waals surface area contributed by atoms with E-state index >= 15 is 0 Å². The van der Waals surface area contributed by atoms with Gasteiger partial charge in [-0.05, 0) is 68.9 Å². The number of hydrogen-bond acceptors (Lipinski definition) is 8. The van der Waals surface area contributed by atoms with Crippen molar-refractivity contribution in [2.24, 2.45) is 0 Å². The predicted molar refractivity (Wildman–Crippen MR) is 162 cm³/mol. The highest BCUT2D eigenvalue weighted by molar-refractivity contribution is 5.95. The largest absolute Gasteiger partial charge is 0.487 e. The SMILES string of the molecule is CCN1CCC(c2ccc(C(=O)NC=CC(=CC=N)Oc3cc4ccn(C(=O)NC)c4cc3OCCOC)cn2)CC1. The number of rotatable bonds is 12. The minimum absolute atomic E-state index is 0.263. The molecule has 11 heteroatoms. The third-order valence-electron chi connectivity index (χ3n) is 7.17. The first-order chi connectivity index (χ1) is 20.5. The molecular formula is C31H38N6O5. The third-order valence-corrected chi connectivity index (χ3v) is 7.17. The van der Waals surface area contributed by atoms with Gasteiger partial charge in [0.15, 0.2) is 11.5 Å². The van der Waals surface area contributed by atoms with Crippen LogP contribution in [-0.4, -0.2) is 79.6 Å². The molecule has 1 saturated heterocycles. The molecule has 3 aromatic rings. The van der Waals surface area contributed by atoms with Gasteiger partial charge in [-0.1, -0.05) is 6.92 Å². The number of likely N-dealkylation sites (tertiary alicyclic amines) is 1. The zero-order valence-corrected chi connectivity index (χ0v) is 24.3. The number of hydrogen-bond donors (Lipinski definition) is 3. The molecule has 0 aliphatic carbocycles. The number of methoxy groups -OCH3 is 1. The molecule has 3 N–H and O–H groups in total. The molecule has 1 aliphatic heterocycles. The van der Waals surface area contributed by atoms with Crippen LogP contribution in [0.3, 0.4) is 0 Å². The second-order valence-electron chi connectivity index (χ2n) is 9.76. The van der Waals surface area contributed by atoms with Crippen LogP contribution in [0, 0.1) is 5.41 Å². The van der Waals surface area contributed by atoms with Crippen molar-refractivity contribution >= 4 is 29.1 Å². The van der Waals surface area contributed by atoms with Crippen molar-refractivity contribution in [1.82, 2.24) is 25.1 Å². The molecule has 0 spiro atoms. The van der Waals surface area contributed by atoms with Crippen LogP contribution in [0.2, 0.25) is 0 Å². The van der Waals surface area contributed by atoms with Crippen molar-refractivity contribution in [2.75, 3.05) is 47.0 Å². The number of carbonyl (C=O) groups excluding carboxylic acids is 2. The average molecular weight is 575 g/mol. The lowest BCUT2D eigenvalue weighted by atomic mass is 9.93. The van der Waals surface area contributed by atoms with Crippen LogP contribution in [0.1, 0.15) is 41.7 Å². The van der Waals surface area contributed by atoms with Crippen LogP contribution in [0.25, 0.3) is 10.9 Å². The van der Waals surface area contributed by atoms with E-state index in [0.29, 0.717) is 40.9 Å². The summed E-state index contributed by atoms with van der Waals surface area (Å²) in [5, 5.41) is 13.7. The van der Waals surface area contributed by atoms with Gasteiger partial charge in [0.25, 0.3) is 5.91 Å². The zero-order chi connectivity index (χ0) is 29.9. The number of nitrogens with one attached hydrogen (secondary N) is 3. The summed E-state index contributed by atoms with van der Waals surface area (Å²) in [7, 11) is 3.13. The van der Waals surface area contributed by atoms with Gasteiger partial charge in [-0.3, -0.25) is 14.3 Å². The summed E-state index contributed by atoms with van der Waals surface area (Å²) in [5.74, 6) is 1.17. The number of pyridine rings is 1. The van der Waals surface area contributed by atoms with Gasteiger partial charge in [-0.15, -0.1) is 0 Å². The molecule has 0 unspecified atom stereocenters. The van der Waals surface area contributed by atoms with E-state index in [1.807, 2.05) is 6.07 Å². The molecule has 0 bridgehead atoms. The second-order valence-corrected chi connectivity index (χ2v) is 9.76. The highest BCUT2D eigenvalue weighted by Crippen LogP contribution is 2.34. The molecule has 2 aromatic heterocycles. The maximum atomic E-state index is 12.8. The molecule has 11 nitrogen and oxygen atoms in total. The molecule has 2 amide bonds.